The maximum Gasteiger partial charge on any atom is 0.226 e. The number of likely N-dealkylation sites (tertiary alicyclic amines) is 1. The summed E-state index contributed by atoms with van der Waals surface area (Å²) < 4.78 is 5.47. The summed E-state index contributed by atoms with van der Waals surface area (Å²) in [6.45, 7) is 4.75. The van der Waals surface area contributed by atoms with E-state index in [0.29, 0.717) is 17.7 Å². The van der Waals surface area contributed by atoms with Crippen LogP contribution >= 0.6 is 0 Å². The molecule has 0 aromatic heterocycles. The van der Waals surface area contributed by atoms with E-state index in [4.69, 9.17) is 4.74 Å². The van der Waals surface area contributed by atoms with E-state index in [-0.39, 0.29) is 5.60 Å². The Bertz CT molecular complexity index is 252. The first-order valence-electron chi connectivity index (χ1n) is 5.13. The second-order valence-electron chi connectivity index (χ2n) is 4.80. The van der Waals surface area contributed by atoms with Crippen molar-refractivity contribution >= 4 is 5.91 Å². The highest BCUT2D eigenvalue weighted by atomic mass is 16.5. The lowest BCUT2D eigenvalue weighted by Gasteiger charge is -2.55. The number of carbonyl (C=O) groups excluding carboxylic acids is 1. The minimum absolute atomic E-state index is 0.105. The molecule has 1 spiro atoms. The van der Waals surface area contributed by atoms with Gasteiger partial charge in [0.05, 0.1) is 19.7 Å². The quantitative estimate of drug-likeness (QED) is 0.594. The zero-order chi connectivity index (χ0) is 9.05. The predicted octanol–water partition coefficient (Wildman–Crippen LogP) is 0.644. The largest absolute Gasteiger partial charge is 0.371 e. The fourth-order valence-electron chi connectivity index (χ4n) is 2.35. The van der Waals surface area contributed by atoms with E-state index in [1.807, 2.05) is 4.90 Å². The second-order valence-corrected chi connectivity index (χ2v) is 4.80. The van der Waals surface area contributed by atoms with E-state index in [1.165, 1.54) is 0 Å². The molecule has 0 aromatic carbocycles. The summed E-state index contributed by atoms with van der Waals surface area (Å²) in [5.74, 6) is 1.34. The van der Waals surface area contributed by atoms with Crippen LogP contribution in [-0.2, 0) is 9.53 Å². The molecule has 3 aliphatic rings. The third-order valence-electron chi connectivity index (χ3n) is 3.66. The zero-order valence-corrected chi connectivity index (χ0v) is 7.95. The van der Waals surface area contributed by atoms with E-state index in [9.17, 15) is 4.79 Å². The third kappa shape index (κ3) is 1.03. The monoisotopic (exact) mass is 181 g/mol. The van der Waals surface area contributed by atoms with Gasteiger partial charge < -0.3 is 9.64 Å². The summed E-state index contributed by atoms with van der Waals surface area (Å²) in [6, 6.07) is 0. The van der Waals surface area contributed by atoms with Crippen molar-refractivity contribution < 1.29 is 9.53 Å². The average Bonchev–Trinajstić information content (AvgIpc) is 2.60. The summed E-state index contributed by atoms with van der Waals surface area (Å²) in [7, 11) is 0. The first-order valence-corrected chi connectivity index (χ1v) is 5.13. The Hall–Kier alpha value is -0.570. The lowest BCUT2D eigenvalue weighted by Crippen LogP contribution is -2.69. The highest BCUT2D eigenvalue weighted by Gasteiger charge is 2.53. The lowest BCUT2D eigenvalue weighted by atomic mass is 9.86. The van der Waals surface area contributed by atoms with Crippen LogP contribution in [0.2, 0.25) is 0 Å². The van der Waals surface area contributed by atoms with Gasteiger partial charge in [0.1, 0.15) is 5.60 Å². The standard InChI is InChI=1S/C10H15NO2/c1-7-4-8(7)9(12)11-5-10(6-11)2-3-13-10/h7-8H,2-6H2,1H3. The summed E-state index contributed by atoms with van der Waals surface area (Å²) in [4.78, 5) is 13.7. The third-order valence-corrected chi connectivity index (χ3v) is 3.66. The van der Waals surface area contributed by atoms with Gasteiger partial charge in [0.15, 0.2) is 0 Å². The molecule has 2 atom stereocenters. The molecule has 2 unspecified atom stereocenters. The number of hydrogen-bond acceptors (Lipinski definition) is 2. The van der Waals surface area contributed by atoms with Gasteiger partial charge in [-0.15, -0.1) is 0 Å². The van der Waals surface area contributed by atoms with E-state index >= 15 is 0 Å². The summed E-state index contributed by atoms with van der Waals surface area (Å²) >= 11 is 0. The number of hydrogen-bond donors (Lipinski definition) is 0. The molecule has 0 bridgehead atoms. The molecular formula is C10H15NO2. The number of carbonyl (C=O) groups is 1. The van der Waals surface area contributed by atoms with Gasteiger partial charge in [0.2, 0.25) is 5.91 Å². The molecule has 2 heterocycles. The van der Waals surface area contributed by atoms with Gasteiger partial charge in [-0.3, -0.25) is 4.79 Å². The van der Waals surface area contributed by atoms with Gasteiger partial charge in [-0.1, -0.05) is 6.92 Å². The minimum Gasteiger partial charge on any atom is -0.371 e. The zero-order valence-electron chi connectivity index (χ0n) is 7.95. The van der Waals surface area contributed by atoms with Crippen molar-refractivity contribution in [3.63, 3.8) is 0 Å². The Labute approximate surface area is 78.0 Å². The molecule has 13 heavy (non-hydrogen) atoms. The fraction of sp³-hybridized carbons (Fsp3) is 0.900. The number of nitrogens with zero attached hydrogens (tertiary/aromatic N) is 1. The molecule has 2 saturated heterocycles. The van der Waals surface area contributed by atoms with Gasteiger partial charge >= 0.3 is 0 Å². The fourth-order valence-corrected chi connectivity index (χ4v) is 2.35. The van der Waals surface area contributed by atoms with Crippen LogP contribution in [-0.4, -0.2) is 36.1 Å². The van der Waals surface area contributed by atoms with Crippen LogP contribution in [0, 0.1) is 11.8 Å². The lowest BCUT2D eigenvalue weighted by molar-refractivity contribution is -0.222. The summed E-state index contributed by atoms with van der Waals surface area (Å²) in [6.07, 6.45) is 2.25. The molecule has 1 amide bonds. The number of amides is 1. The Morgan fingerprint density at radius 2 is 2.15 bits per heavy atom. The first-order chi connectivity index (χ1) is 6.20. The van der Waals surface area contributed by atoms with Crippen molar-refractivity contribution in [1.29, 1.82) is 0 Å². The summed E-state index contributed by atoms with van der Waals surface area (Å²) in [5.41, 5.74) is 0.105. The normalized spacial score (nSPS) is 39.6. The van der Waals surface area contributed by atoms with E-state index in [2.05, 4.69) is 6.92 Å². The van der Waals surface area contributed by atoms with E-state index in [0.717, 1.165) is 32.5 Å². The van der Waals surface area contributed by atoms with Crippen LogP contribution < -0.4 is 0 Å². The van der Waals surface area contributed by atoms with E-state index in [1.54, 1.807) is 0 Å². The molecule has 3 nitrogen and oxygen atoms in total. The maximum absolute atomic E-state index is 11.7. The Morgan fingerprint density at radius 1 is 1.54 bits per heavy atom. The molecule has 0 aromatic rings. The molecule has 3 heteroatoms. The molecular weight excluding hydrogens is 166 g/mol. The van der Waals surface area contributed by atoms with Crippen molar-refractivity contribution in [1.82, 2.24) is 4.90 Å². The van der Waals surface area contributed by atoms with Gasteiger partial charge in [-0.2, -0.15) is 0 Å². The van der Waals surface area contributed by atoms with Crippen LogP contribution in [0.3, 0.4) is 0 Å². The maximum atomic E-state index is 11.7. The van der Waals surface area contributed by atoms with Crippen LogP contribution in [0.15, 0.2) is 0 Å². The van der Waals surface area contributed by atoms with Gasteiger partial charge in [0, 0.05) is 12.3 Å². The Balaban J connectivity index is 1.55. The van der Waals surface area contributed by atoms with Crippen molar-refractivity contribution in [3.05, 3.63) is 0 Å². The van der Waals surface area contributed by atoms with Crippen molar-refractivity contribution in [2.45, 2.75) is 25.4 Å². The molecule has 72 valence electrons. The highest BCUT2D eigenvalue weighted by Crippen LogP contribution is 2.43. The molecule has 1 aliphatic carbocycles. The number of rotatable bonds is 1. The van der Waals surface area contributed by atoms with Gasteiger partial charge in [-0.25, -0.2) is 0 Å². The van der Waals surface area contributed by atoms with Gasteiger partial charge in [-0.05, 0) is 12.3 Å². The van der Waals surface area contributed by atoms with Crippen molar-refractivity contribution in [2.24, 2.45) is 11.8 Å². The number of ether oxygens (including phenoxy) is 1. The van der Waals surface area contributed by atoms with E-state index < -0.39 is 0 Å². The SMILES string of the molecule is CC1CC1C(=O)N1CC2(CCO2)C1. The van der Waals surface area contributed by atoms with Crippen LogP contribution in [0.5, 0.6) is 0 Å². The molecule has 1 saturated carbocycles. The Morgan fingerprint density at radius 3 is 2.54 bits per heavy atom. The summed E-state index contributed by atoms with van der Waals surface area (Å²) in [5, 5.41) is 0. The minimum atomic E-state index is 0.105. The van der Waals surface area contributed by atoms with Crippen LogP contribution in [0.4, 0.5) is 0 Å². The average molecular weight is 181 g/mol. The molecule has 0 radical (unpaired) electrons. The van der Waals surface area contributed by atoms with Crippen molar-refractivity contribution in [3.8, 4) is 0 Å². The topological polar surface area (TPSA) is 29.5 Å². The Kier molecular flexibility index (Phi) is 1.36. The smallest absolute Gasteiger partial charge is 0.226 e. The van der Waals surface area contributed by atoms with Gasteiger partial charge in [0.25, 0.3) is 0 Å². The van der Waals surface area contributed by atoms with Crippen molar-refractivity contribution in [2.75, 3.05) is 19.7 Å². The molecule has 3 fully saturated rings. The van der Waals surface area contributed by atoms with Crippen LogP contribution in [0.1, 0.15) is 19.8 Å². The molecule has 0 N–H and O–H groups in total. The second kappa shape index (κ2) is 2.27. The van der Waals surface area contributed by atoms with Crippen LogP contribution in [0.25, 0.3) is 0 Å². The first kappa shape index (κ1) is 7.80. The highest BCUT2D eigenvalue weighted by molar-refractivity contribution is 5.82. The predicted molar refractivity (Wildman–Crippen MR) is 47.2 cm³/mol. The molecule has 3 rings (SSSR count). The molecule has 2 aliphatic heterocycles.